The van der Waals surface area contributed by atoms with Gasteiger partial charge in [0.25, 0.3) is 0 Å². The van der Waals surface area contributed by atoms with Crippen LogP contribution >= 0.6 is 0 Å². The number of ether oxygens (including phenoxy) is 1. The van der Waals surface area contributed by atoms with Crippen molar-refractivity contribution in [3.8, 4) is 0 Å². The van der Waals surface area contributed by atoms with Crippen LogP contribution in [0, 0.1) is 5.92 Å². The summed E-state index contributed by atoms with van der Waals surface area (Å²) in [6, 6.07) is 0.299. The average molecular weight is 241 g/mol. The average Bonchev–Trinajstić information content (AvgIpc) is 2.37. The minimum atomic E-state index is -0.0737. The Morgan fingerprint density at radius 1 is 1.18 bits per heavy atom. The van der Waals surface area contributed by atoms with Crippen LogP contribution in [-0.4, -0.2) is 36.5 Å². The number of amides is 1. The van der Waals surface area contributed by atoms with E-state index in [1.807, 2.05) is 25.8 Å². The van der Waals surface area contributed by atoms with Gasteiger partial charge in [-0.2, -0.15) is 0 Å². The molecule has 4 heteroatoms. The Balaban J connectivity index is 2.40. The Kier molecular flexibility index (Phi) is 5.45. The van der Waals surface area contributed by atoms with Crippen molar-refractivity contribution in [1.29, 1.82) is 0 Å². The van der Waals surface area contributed by atoms with E-state index in [4.69, 9.17) is 4.74 Å². The van der Waals surface area contributed by atoms with Crippen LogP contribution < -0.4 is 0 Å². The molecule has 1 aliphatic rings. The van der Waals surface area contributed by atoms with E-state index >= 15 is 0 Å². The zero-order valence-corrected chi connectivity index (χ0v) is 11.1. The van der Waals surface area contributed by atoms with Gasteiger partial charge >= 0.3 is 5.97 Å². The van der Waals surface area contributed by atoms with E-state index in [0.29, 0.717) is 19.1 Å². The van der Waals surface area contributed by atoms with Crippen molar-refractivity contribution in [2.45, 2.75) is 52.0 Å². The van der Waals surface area contributed by atoms with Crippen LogP contribution in [0.4, 0.5) is 0 Å². The van der Waals surface area contributed by atoms with Crippen molar-refractivity contribution in [3.05, 3.63) is 0 Å². The molecular formula is C13H23NO3. The highest BCUT2D eigenvalue weighted by Gasteiger charge is 2.30. The van der Waals surface area contributed by atoms with Gasteiger partial charge in [0.2, 0.25) is 5.91 Å². The highest BCUT2D eigenvalue weighted by Crippen LogP contribution is 2.28. The van der Waals surface area contributed by atoms with E-state index in [-0.39, 0.29) is 17.8 Å². The zero-order valence-electron chi connectivity index (χ0n) is 11.1. The Morgan fingerprint density at radius 3 is 2.24 bits per heavy atom. The summed E-state index contributed by atoms with van der Waals surface area (Å²) in [6.07, 6.45) is 4.04. The van der Waals surface area contributed by atoms with Gasteiger partial charge in [-0.05, 0) is 32.6 Å². The fraction of sp³-hybridized carbons (Fsp3) is 0.846. The normalized spacial score (nSPS) is 24.2. The van der Waals surface area contributed by atoms with Gasteiger partial charge in [0.1, 0.15) is 0 Å². The largest absolute Gasteiger partial charge is 0.466 e. The molecule has 0 atom stereocenters. The maximum Gasteiger partial charge on any atom is 0.308 e. The second kappa shape index (κ2) is 6.62. The lowest BCUT2D eigenvalue weighted by Crippen LogP contribution is -2.40. The molecule has 0 N–H and O–H groups in total. The Bertz CT molecular complexity index is 270. The predicted molar refractivity (Wildman–Crippen MR) is 65.4 cm³/mol. The number of hydrogen-bond donors (Lipinski definition) is 0. The highest BCUT2D eigenvalue weighted by molar-refractivity contribution is 5.76. The van der Waals surface area contributed by atoms with Crippen molar-refractivity contribution in [2.24, 2.45) is 5.92 Å². The predicted octanol–water partition coefficient (Wildman–Crippen LogP) is 1.98. The molecule has 1 aliphatic carbocycles. The number of esters is 1. The minimum Gasteiger partial charge on any atom is -0.466 e. The summed E-state index contributed by atoms with van der Waals surface area (Å²) >= 11 is 0. The second-order valence-corrected chi connectivity index (χ2v) is 4.62. The van der Waals surface area contributed by atoms with Crippen molar-refractivity contribution < 1.29 is 14.3 Å². The molecule has 0 radical (unpaired) electrons. The third-order valence-electron chi connectivity index (χ3n) is 3.56. The number of rotatable bonds is 4. The third-order valence-corrected chi connectivity index (χ3v) is 3.56. The highest BCUT2D eigenvalue weighted by atomic mass is 16.5. The van der Waals surface area contributed by atoms with Crippen molar-refractivity contribution in [3.63, 3.8) is 0 Å². The smallest absolute Gasteiger partial charge is 0.308 e. The molecule has 17 heavy (non-hydrogen) atoms. The van der Waals surface area contributed by atoms with Gasteiger partial charge in [0, 0.05) is 19.5 Å². The molecule has 0 bridgehead atoms. The Hall–Kier alpha value is -1.06. The first-order valence-corrected chi connectivity index (χ1v) is 6.52. The van der Waals surface area contributed by atoms with E-state index in [0.717, 1.165) is 25.7 Å². The first-order valence-electron chi connectivity index (χ1n) is 6.52. The van der Waals surface area contributed by atoms with Crippen LogP contribution in [0.25, 0.3) is 0 Å². The molecule has 0 spiro atoms. The number of carbonyl (C=O) groups excluding carboxylic acids is 2. The molecule has 0 saturated heterocycles. The molecule has 1 saturated carbocycles. The topological polar surface area (TPSA) is 46.6 Å². The van der Waals surface area contributed by atoms with Crippen LogP contribution in [0.15, 0.2) is 0 Å². The SMILES string of the molecule is CCOC(=O)C1CCC(N(C)C(=O)CC)CC1. The van der Waals surface area contributed by atoms with Crippen molar-refractivity contribution in [2.75, 3.05) is 13.7 Å². The van der Waals surface area contributed by atoms with Gasteiger partial charge in [-0.15, -0.1) is 0 Å². The van der Waals surface area contributed by atoms with Gasteiger partial charge < -0.3 is 9.64 Å². The Labute approximate surface area is 103 Å². The van der Waals surface area contributed by atoms with Crippen molar-refractivity contribution in [1.82, 2.24) is 4.90 Å². The first-order chi connectivity index (χ1) is 8.10. The molecule has 4 nitrogen and oxygen atoms in total. The van der Waals surface area contributed by atoms with Crippen LogP contribution in [-0.2, 0) is 14.3 Å². The molecule has 0 aliphatic heterocycles. The molecular weight excluding hydrogens is 218 g/mol. The van der Waals surface area contributed by atoms with Crippen LogP contribution in [0.1, 0.15) is 46.0 Å². The van der Waals surface area contributed by atoms with E-state index in [9.17, 15) is 9.59 Å². The second-order valence-electron chi connectivity index (χ2n) is 4.62. The summed E-state index contributed by atoms with van der Waals surface area (Å²) in [6.45, 7) is 4.16. The Morgan fingerprint density at radius 2 is 1.76 bits per heavy atom. The molecule has 0 unspecified atom stereocenters. The molecule has 0 aromatic rings. The van der Waals surface area contributed by atoms with E-state index in [2.05, 4.69) is 0 Å². The quantitative estimate of drug-likeness (QED) is 0.707. The minimum absolute atomic E-state index is 0.0383. The lowest BCUT2D eigenvalue weighted by atomic mass is 9.85. The molecule has 1 fully saturated rings. The monoisotopic (exact) mass is 241 g/mol. The van der Waals surface area contributed by atoms with Gasteiger partial charge in [-0.3, -0.25) is 9.59 Å². The lowest BCUT2D eigenvalue weighted by molar-refractivity contribution is -0.149. The summed E-state index contributed by atoms with van der Waals surface area (Å²) in [5.74, 6) is 0.149. The number of carbonyl (C=O) groups is 2. The lowest BCUT2D eigenvalue weighted by Gasteiger charge is -2.33. The molecule has 98 valence electrons. The summed E-state index contributed by atoms with van der Waals surface area (Å²) in [7, 11) is 1.86. The van der Waals surface area contributed by atoms with Gasteiger partial charge in [-0.1, -0.05) is 6.92 Å². The molecule has 1 amide bonds. The molecule has 1 rings (SSSR count). The number of hydrogen-bond acceptors (Lipinski definition) is 3. The molecule has 0 aromatic carbocycles. The standard InChI is InChI=1S/C13H23NO3/c1-4-12(15)14(3)11-8-6-10(7-9-11)13(16)17-5-2/h10-11H,4-9H2,1-3H3. The van der Waals surface area contributed by atoms with Crippen LogP contribution in [0.2, 0.25) is 0 Å². The van der Waals surface area contributed by atoms with Gasteiger partial charge in [-0.25, -0.2) is 0 Å². The summed E-state index contributed by atoms with van der Waals surface area (Å²) < 4.78 is 5.03. The van der Waals surface area contributed by atoms with Crippen LogP contribution in [0.5, 0.6) is 0 Å². The van der Waals surface area contributed by atoms with E-state index in [1.54, 1.807) is 0 Å². The maximum atomic E-state index is 11.6. The fourth-order valence-corrected chi connectivity index (χ4v) is 2.41. The van der Waals surface area contributed by atoms with Crippen LogP contribution in [0.3, 0.4) is 0 Å². The first kappa shape index (κ1) is 14.0. The molecule has 0 heterocycles. The fourth-order valence-electron chi connectivity index (χ4n) is 2.41. The number of nitrogens with zero attached hydrogens (tertiary/aromatic N) is 1. The summed E-state index contributed by atoms with van der Waals surface area (Å²) in [5.41, 5.74) is 0. The summed E-state index contributed by atoms with van der Waals surface area (Å²) in [4.78, 5) is 25.0. The van der Waals surface area contributed by atoms with E-state index < -0.39 is 0 Å². The zero-order chi connectivity index (χ0) is 12.8. The van der Waals surface area contributed by atoms with Gasteiger partial charge in [0.15, 0.2) is 0 Å². The maximum absolute atomic E-state index is 11.6. The van der Waals surface area contributed by atoms with Gasteiger partial charge in [0.05, 0.1) is 12.5 Å². The summed E-state index contributed by atoms with van der Waals surface area (Å²) in [5, 5.41) is 0. The molecule has 0 aromatic heterocycles. The van der Waals surface area contributed by atoms with E-state index in [1.165, 1.54) is 0 Å². The third kappa shape index (κ3) is 3.72. The van der Waals surface area contributed by atoms with Crippen molar-refractivity contribution >= 4 is 11.9 Å².